The molecule has 2 aromatic heterocycles. The SMILES string of the molecule is CC(Nc1cc(N2CCN(C(=O)c3ccco3)CC2)ncn1)c1ccccc1. The molecule has 7 nitrogen and oxygen atoms in total. The van der Waals surface area contributed by atoms with E-state index in [-0.39, 0.29) is 11.9 Å². The average molecular weight is 377 g/mol. The molecule has 1 N–H and O–H groups in total. The van der Waals surface area contributed by atoms with Crippen LogP contribution in [0, 0.1) is 0 Å². The number of nitrogens with zero attached hydrogens (tertiary/aromatic N) is 4. The Bertz CT molecular complexity index is 906. The van der Waals surface area contributed by atoms with Gasteiger partial charge < -0.3 is 19.5 Å². The Labute approximate surface area is 164 Å². The molecular formula is C21H23N5O2. The summed E-state index contributed by atoms with van der Waals surface area (Å²) >= 11 is 0. The van der Waals surface area contributed by atoms with Crippen LogP contribution in [0.1, 0.15) is 29.1 Å². The molecule has 0 aliphatic carbocycles. The molecule has 0 radical (unpaired) electrons. The number of piperazine rings is 1. The van der Waals surface area contributed by atoms with Crippen LogP contribution in [0.15, 0.2) is 65.5 Å². The number of furan rings is 1. The summed E-state index contributed by atoms with van der Waals surface area (Å²) in [5.41, 5.74) is 1.20. The van der Waals surface area contributed by atoms with Crippen molar-refractivity contribution < 1.29 is 9.21 Å². The molecule has 1 unspecified atom stereocenters. The highest BCUT2D eigenvalue weighted by Gasteiger charge is 2.24. The Morgan fingerprint density at radius 3 is 2.57 bits per heavy atom. The number of benzene rings is 1. The zero-order chi connectivity index (χ0) is 19.3. The fourth-order valence-electron chi connectivity index (χ4n) is 3.34. The van der Waals surface area contributed by atoms with Gasteiger partial charge in [0.2, 0.25) is 0 Å². The molecule has 3 heterocycles. The van der Waals surface area contributed by atoms with Crippen molar-refractivity contribution in [1.82, 2.24) is 14.9 Å². The van der Waals surface area contributed by atoms with Gasteiger partial charge in [0, 0.05) is 38.3 Å². The van der Waals surface area contributed by atoms with Gasteiger partial charge in [0.1, 0.15) is 18.0 Å². The highest BCUT2D eigenvalue weighted by Crippen LogP contribution is 2.21. The minimum absolute atomic E-state index is 0.0635. The first kappa shape index (κ1) is 18.0. The second kappa shape index (κ2) is 8.12. The fraction of sp³-hybridized carbons (Fsp3) is 0.286. The molecule has 1 amide bonds. The predicted molar refractivity (Wildman–Crippen MR) is 107 cm³/mol. The van der Waals surface area contributed by atoms with Gasteiger partial charge in [-0.25, -0.2) is 9.97 Å². The lowest BCUT2D eigenvalue weighted by Crippen LogP contribution is -2.49. The number of carbonyl (C=O) groups excluding carboxylic acids is 1. The minimum Gasteiger partial charge on any atom is -0.459 e. The van der Waals surface area contributed by atoms with Gasteiger partial charge in [0.25, 0.3) is 5.91 Å². The summed E-state index contributed by atoms with van der Waals surface area (Å²) in [5, 5.41) is 3.43. The molecule has 7 heteroatoms. The van der Waals surface area contributed by atoms with Crippen molar-refractivity contribution >= 4 is 17.5 Å². The largest absolute Gasteiger partial charge is 0.459 e. The standard InChI is InChI=1S/C21H23N5O2/c1-16(17-6-3-2-4-7-17)24-19-14-20(23-15-22-19)25-9-11-26(12-10-25)21(27)18-8-5-13-28-18/h2-8,13-16H,9-12H2,1H3,(H,22,23,24). The lowest BCUT2D eigenvalue weighted by molar-refractivity contribution is 0.0714. The zero-order valence-electron chi connectivity index (χ0n) is 15.8. The van der Waals surface area contributed by atoms with Gasteiger partial charge in [-0.15, -0.1) is 0 Å². The van der Waals surface area contributed by atoms with E-state index >= 15 is 0 Å². The number of rotatable bonds is 5. The van der Waals surface area contributed by atoms with E-state index in [0.717, 1.165) is 24.7 Å². The molecule has 4 rings (SSSR count). The number of hydrogen-bond acceptors (Lipinski definition) is 6. The maximum absolute atomic E-state index is 12.4. The summed E-state index contributed by atoms with van der Waals surface area (Å²) in [6.07, 6.45) is 3.10. The van der Waals surface area contributed by atoms with Crippen LogP contribution in [0.5, 0.6) is 0 Å². The van der Waals surface area contributed by atoms with Gasteiger partial charge in [0.15, 0.2) is 5.76 Å². The molecule has 144 valence electrons. The van der Waals surface area contributed by atoms with E-state index in [2.05, 4.69) is 39.2 Å². The van der Waals surface area contributed by atoms with Gasteiger partial charge >= 0.3 is 0 Å². The van der Waals surface area contributed by atoms with Crippen molar-refractivity contribution in [2.45, 2.75) is 13.0 Å². The Hall–Kier alpha value is -3.35. The maximum atomic E-state index is 12.4. The molecule has 1 saturated heterocycles. The summed E-state index contributed by atoms with van der Waals surface area (Å²) in [6, 6.07) is 15.8. The molecule has 0 saturated carbocycles. The van der Waals surface area contributed by atoms with E-state index < -0.39 is 0 Å². The molecule has 0 bridgehead atoms. The molecule has 1 fully saturated rings. The van der Waals surface area contributed by atoms with Crippen LogP contribution in [0.25, 0.3) is 0 Å². The molecule has 3 aromatic rings. The third-order valence-electron chi connectivity index (χ3n) is 4.94. The zero-order valence-corrected chi connectivity index (χ0v) is 15.8. The van der Waals surface area contributed by atoms with Crippen LogP contribution in [-0.4, -0.2) is 47.0 Å². The summed E-state index contributed by atoms with van der Waals surface area (Å²) in [5.74, 6) is 1.97. The van der Waals surface area contributed by atoms with E-state index in [1.54, 1.807) is 18.5 Å². The molecular weight excluding hydrogens is 354 g/mol. The number of carbonyl (C=O) groups is 1. The number of anilines is 2. The average Bonchev–Trinajstić information content (AvgIpc) is 3.29. The van der Waals surface area contributed by atoms with Crippen molar-refractivity contribution in [3.05, 3.63) is 72.4 Å². The van der Waals surface area contributed by atoms with Crippen LogP contribution in [0.2, 0.25) is 0 Å². The number of aromatic nitrogens is 2. The summed E-state index contributed by atoms with van der Waals surface area (Å²) in [4.78, 5) is 25.1. The third kappa shape index (κ3) is 3.98. The van der Waals surface area contributed by atoms with Crippen LogP contribution in [-0.2, 0) is 0 Å². The number of amides is 1. The first-order valence-electron chi connectivity index (χ1n) is 9.42. The predicted octanol–water partition coefficient (Wildman–Crippen LogP) is 3.21. The Balaban J connectivity index is 1.38. The molecule has 1 aliphatic heterocycles. The Morgan fingerprint density at radius 1 is 1.07 bits per heavy atom. The Kier molecular flexibility index (Phi) is 5.23. The highest BCUT2D eigenvalue weighted by atomic mass is 16.3. The van der Waals surface area contributed by atoms with Crippen LogP contribution in [0.3, 0.4) is 0 Å². The number of hydrogen-bond donors (Lipinski definition) is 1. The normalized spacial score (nSPS) is 15.3. The molecule has 0 spiro atoms. The van der Waals surface area contributed by atoms with Crippen molar-refractivity contribution in [3.8, 4) is 0 Å². The van der Waals surface area contributed by atoms with Crippen molar-refractivity contribution in [2.75, 3.05) is 36.4 Å². The van der Waals surface area contributed by atoms with Gasteiger partial charge in [-0.1, -0.05) is 30.3 Å². The first-order valence-corrected chi connectivity index (χ1v) is 9.42. The molecule has 1 aliphatic rings. The lowest BCUT2D eigenvalue weighted by atomic mass is 10.1. The molecule has 1 aromatic carbocycles. The second-order valence-electron chi connectivity index (χ2n) is 6.79. The third-order valence-corrected chi connectivity index (χ3v) is 4.94. The van der Waals surface area contributed by atoms with Gasteiger partial charge in [0.05, 0.1) is 6.26 Å². The topological polar surface area (TPSA) is 74.5 Å². The van der Waals surface area contributed by atoms with Crippen molar-refractivity contribution in [1.29, 1.82) is 0 Å². The van der Waals surface area contributed by atoms with E-state index in [1.165, 1.54) is 11.8 Å². The molecule has 28 heavy (non-hydrogen) atoms. The summed E-state index contributed by atoms with van der Waals surface area (Å²) in [6.45, 7) is 4.81. The van der Waals surface area contributed by atoms with Crippen molar-refractivity contribution in [3.63, 3.8) is 0 Å². The Morgan fingerprint density at radius 2 is 1.86 bits per heavy atom. The highest BCUT2D eigenvalue weighted by molar-refractivity contribution is 5.91. The van der Waals surface area contributed by atoms with Crippen LogP contribution >= 0.6 is 0 Å². The monoisotopic (exact) mass is 377 g/mol. The molecule has 1 atom stereocenters. The van der Waals surface area contributed by atoms with Gasteiger partial charge in [-0.3, -0.25) is 4.79 Å². The van der Waals surface area contributed by atoms with Crippen molar-refractivity contribution in [2.24, 2.45) is 0 Å². The number of nitrogens with one attached hydrogen (secondary N) is 1. The van der Waals surface area contributed by atoms with E-state index in [0.29, 0.717) is 18.8 Å². The smallest absolute Gasteiger partial charge is 0.289 e. The quantitative estimate of drug-likeness (QED) is 0.736. The first-order chi connectivity index (χ1) is 13.7. The lowest BCUT2D eigenvalue weighted by Gasteiger charge is -2.35. The summed E-state index contributed by atoms with van der Waals surface area (Å²) < 4.78 is 5.22. The van der Waals surface area contributed by atoms with E-state index in [1.807, 2.05) is 29.2 Å². The minimum atomic E-state index is -0.0635. The van der Waals surface area contributed by atoms with Gasteiger partial charge in [-0.05, 0) is 24.6 Å². The van der Waals surface area contributed by atoms with Gasteiger partial charge in [-0.2, -0.15) is 0 Å². The van der Waals surface area contributed by atoms with Crippen LogP contribution < -0.4 is 10.2 Å². The second-order valence-corrected chi connectivity index (χ2v) is 6.79. The van der Waals surface area contributed by atoms with Crippen LogP contribution in [0.4, 0.5) is 11.6 Å². The van der Waals surface area contributed by atoms with E-state index in [4.69, 9.17) is 4.42 Å². The van der Waals surface area contributed by atoms with E-state index in [9.17, 15) is 4.79 Å². The fourth-order valence-corrected chi connectivity index (χ4v) is 3.34. The summed E-state index contributed by atoms with van der Waals surface area (Å²) in [7, 11) is 0. The maximum Gasteiger partial charge on any atom is 0.289 e.